The molecule has 2 rings (SSSR count). The first kappa shape index (κ1) is 18.5. The van der Waals surface area contributed by atoms with Crippen LogP contribution >= 0.6 is 0 Å². The zero-order valence-electron chi connectivity index (χ0n) is 14.4. The normalized spacial score (nSPS) is 11.4. The highest BCUT2D eigenvalue weighted by Gasteiger charge is 2.22. The van der Waals surface area contributed by atoms with Gasteiger partial charge in [-0.05, 0) is 17.5 Å². The van der Waals surface area contributed by atoms with Crippen LogP contribution in [0.2, 0.25) is 0 Å². The standard InChI is InChI=1S/C20H24N2O3/c1-2-3-14-21-19(23)18(17-12-8-5-9-13-17)22-20(24)25-15-16-10-6-4-7-11-16/h4-13,18H,2-3,14-15H2,1H3,(H,21,23)(H,22,24). The van der Waals surface area contributed by atoms with Crippen LogP contribution in [-0.4, -0.2) is 18.5 Å². The molecule has 1 atom stereocenters. The minimum atomic E-state index is -0.777. The molecule has 0 aromatic heterocycles. The number of carbonyl (C=O) groups is 2. The Morgan fingerprint density at radius 2 is 1.64 bits per heavy atom. The molecule has 5 nitrogen and oxygen atoms in total. The Hall–Kier alpha value is -2.82. The monoisotopic (exact) mass is 340 g/mol. The maximum Gasteiger partial charge on any atom is 0.408 e. The van der Waals surface area contributed by atoms with Crippen LogP contribution in [0.5, 0.6) is 0 Å². The molecule has 2 amide bonds. The molecule has 0 fully saturated rings. The molecule has 0 aliphatic heterocycles. The van der Waals surface area contributed by atoms with Crippen LogP contribution in [0.3, 0.4) is 0 Å². The summed E-state index contributed by atoms with van der Waals surface area (Å²) in [4.78, 5) is 24.6. The van der Waals surface area contributed by atoms with Gasteiger partial charge in [0.15, 0.2) is 0 Å². The molecule has 25 heavy (non-hydrogen) atoms. The maximum absolute atomic E-state index is 12.4. The molecular weight excluding hydrogens is 316 g/mol. The molecule has 0 aliphatic rings. The number of ether oxygens (including phenoxy) is 1. The van der Waals surface area contributed by atoms with E-state index >= 15 is 0 Å². The average molecular weight is 340 g/mol. The molecular formula is C20H24N2O3. The van der Waals surface area contributed by atoms with Gasteiger partial charge in [-0.1, -0.05) is 74.0 Å². The summed E-state index contributed by atoms with van der Waals surface area (Å²) in [6.45, 7) is 2.80. The first-order chi connectivity index (χ1) is 12.2. The third-order valence-electron chi connectivity index (χ3n) is 3.70. The summed E-state index contributed by atoms with van der Waals surface area (Å²) < 4.78 is 5.23. The molecule has 0 saturated carbocycles. The Bertz CT molecular complexity index is 659. The third-order valence-corrected chi connectivity index (χ3v) is 3.70. The highest BCUT2D eigenvalue weighted by Crippen LogP contribution is 2.13. The van der Waals surface area contributed by atoms with Gasteiger partial charge in [-0.25, -0.2) is 4.79 Å². The van der Waals surface area contributed by atoms with Crippen LogP contribution < -0.4 is 10.6 Å². The van der Waals surface area contributed by atoms with Crippen LogP contribution in [-0.2, 0) is 16.1 Å². The minimum Gasteiger partial charge on any atom is -0.445 e. The molecule has 0 saturated heterocycles. The Morgan fingerprint density at radius 3 is 2.28 bits per heavy atom. The molecule has 2 aromatic carbocycles. The molecule has 2 N–H and O–H groups in total. The quantitative estimate of drug-likeness (QED) is 0.722. The van der Waals surface area contributed by atoms with E-state index in [0.29, 0.717) is 12.1 Å². The molecule has 0 heterocycles. The van der Waals surface area contributed by atoms with E-state index in [-0.39, 0.29) is 12.5 Å². The van der Waals surface area contributed by atoms with E-state index < -0.39 is 12.1 Å². The van der Waals surface area contributed by atoms with Crippen molar-refractivity contribution >= 4 is 12.0 Å². The van der Waals surface area contributed by atoms with Crippen molar-refractivity contribution in [1.82, 2.24) is 10.6 Å². The molecule has 132 valence electrons. The molecule has 2 aromatic rings. The van der Waals surface area contributed by atoms with E-state index in [2.05, 4.69) is 17.6 Å². The van der Waals surface area contributed by atoms with Crippen LogP contribution in [0.25, 0.3) is 0 Å². The number of hydrogen-bond donors (Lipinski definition) is 2. The number of nitrogens with one attached hydrogen (secondary N) is 2. The number of rotatable bonds is 8. The van der Waals surface area contributed by atoms with Crippen molar-refractivity contribution in [2.24, 2.45) is 0 Å². The fraction of sp³-hybridized carbons (Fsp3) is 0.300. The van der Waals surface area contributed by atoms with E-state index in [1.54, 1.807) is 0 Å². The lowest BCUT2D eigenvalue weighted by molar-refractivity contribution is -0.123. The summed E-state index contributed by atoms with van der Waals surface area (Å²) in [6, 6.07) is 17.8. The summed E-state index contributed by atoms with van der Waals surface area (Å²) in [7, 11) is 0. The highest BCUT2D eigenvalue weighted by molar-refractivity contribution is 5.86. The fourth-order valence-corrected chi connectivity index (χ4v) is 2.32. The van der Waals surface area contributed by atoms with Gasteiger partial charge < -0.3 is 15.4 Å². The second-order valence-electron chi connectivity index (χ2n) is 5.69. The van der Waals surface area contributed by atoms with Crippen LogP contribution in [0.15, 0.2) is 60.7 Å². The van der Waals surface area contributed by atoms with Crippen molar-refractivity contribution in [1.29, 1.82) is 0 Å². The molecule has 0 spiro atoms. The van der Waals surface area contributed by atoms with E-state index in [1.807, 2.05) is 60.7 Å². The lowest BCUT2D eigenvalue weighted by atomic mass is 10.1. The minimum absolute atomic E-state index is 0.158. The van der Waals surface area contributed by atoms with Crippen molar-refractivity contribution in [2.45, 2.75) is 32.4 Å². The fourth-order valence-electron chi connectivity index (χ4n) is 2.32. The predicted octanol–water partition coefficient (Wildman–Crippen LogP) is 3.57. The predicted molar refractivity (Wildman–Crippen MR) is 96.9 cm³/mol. The molecule has 0 radical (unpaired) electrons. The van der Waals surface area contributed by atoms with Crippen molar-refractivity contribution in [2.75, 3.05) is 6.54 Å². The molecule has 1 unspecified atom stereocenters. The van der Waals surface area contributed by atoms with Gasteiger partial charge in [-0.15, -0.1) is 0 Å². The van der Waals surface area contributed by atoms with Gasteiger partial charge in [-0.2, -0.15) is 0 Å². The van der Waals surface area contributed by atoms with Gasteiger partial charge in [0.25, 0.3) is 0 Å². The van der Waals surface area contributed by atoms with Crippen LogP contribution in [0.1, 0.15) is 36.9 Å². The van der Waals surface area contributed by atoms with Crippen molar-refractivity contribution in [3.8, 4) is 0 Å². The SMILES string of the molecule is CCCCNC(=O)C(NC(=O)OCc1ccccc1)c1ccccc1. The number of hydrogen-bond acceptors (Lipinski definition) is 3. The first-order valence-electron chi connectivity index (χ1n) is 8.50. The van der Waals surface area contributed by atoms with E-state index in [1.165, 1.54) is 0 Å². The van der Waals surface area contributed by atoms with E-state index in [0.717, 1.165) is 18.4 Å². The summed E-state index contributed by atoms with van der Waals surface area (Å²) in [5.41, 5.74) is 1.61. The Kier molecular flexibility index (Phi) is 7.50. The van der Waals surface area contributed by atoms with Crippen LogP contribution in [0.4, 0.5) is 4.79 Å². The van der Waals surface area contributed by atoms with Crippen molar-refractivity contribution < 1.29 is 14.3 Å². The Morgan fingerprint density at radius 1 is 1.00 bits per heavy atom. The summed E-state index contributed by atoms with van der Waals surface area (Å²) >= 11 is 0. The third kappa shape index (κ3) is 6.30. The molecule has 0 bridgehead atoms. The van der Waals surface area contributed by atoms with E-state index in [9.17, 15) is 9.59 Å². The number of amides is 2. The Labute approximate surface area is 148 Å². The van der Waals surface area contributed by atoms with Crippen LogP contribution in [0, 0.1) is 0 Å². The highest BCUT2D eigenvalue weighted by atomic mass is 16.5. The Balaban J connectivity index is 1.97. The zero-order valence-corrected chi connectivity index (χ0v) is 14.4. The average Bonchev–Trinajstić information content (AvgIpc) is 2.66. The zero-order chi connectivity index (χ0) is 17.9. The number of alkyl carbamates (subject to hydrolysis) is 1. The van der Waals surface area contributed by atoms with Gasteiger partial charge in [0.1, 0.15) is 12.6 Å². The lowest BCUT2D eigenvalue weighted by Gasteiger charge is -2.18. The first-order valence-corrected chi connectivity index (χ1v) is 8.50. The summed E-state index contributed by atoms with van der Waals surface area (Å²) in [6.07, 6.45) is 1.26. The maximum atomic E-state index is 12.4. The van der Waals surface area contributed by atoms with Crippen molar-refractivity contribution in [3.05, 3.63) is 71.8 Å². The van der Waals surface area contributed by atoms with Gasteiger partial charge in [0, 0.05) is 6.54 Å². The number of benzene rings is 2. The largest absolute Gasteiger partial charge is 0.445 e. The van der Waals surface area contributed by atoms with E-state index in [4.69, 9.17) is 4.74 Å². The summed E-state index contributed by atoms with van der Waals surface area (Å²) in [5.74, 6) is -0.240. The topological polar surface area (TPSA) is 67.4 Å². The number of unbranched alkanes of at least 4 members (excludes halogenated alkanes) is 1. The molecule has 5 heteroatoms. The lowest BCUT2D eigenvalue weighted by Crippen LogP contribution is -2.40. The van der Waals surface area contributed by atoms with Gasteiger partial charge in [0.05, 0.1) is 0 Å². The second kappa shape index (κ2) is 10.1. The smallest absolute Gasteiger partial charge is 0.408 e. The second-order valence-corrected chi connectivity index (χ2v) is 5.69. The molecule has 0 aliphatic carbocycles. The van der Waals surface area contributed by atoms with Gasteiger partial charge in [-0.3, -0.25) is 4.79 Å². The van der Waals surface area contributed by atoms with Crippen molar-refractivity contribution in [3.63, 3.8) is 0 Å². The number of carbonyl (C=O) groups excluding carboxylic acids is 2. The van der Waals surface area contributed by atoms with Gasteiger partial charge in [0.2, 0.25) is 5.91 Å². The van der Waals surface area contributed by atoms with Gasteiger partial charge >= 0.3 is 6.09 Å². The summed E-state index contributed by atoms with van der Waals surface area (Å²) in [5, 5.41) is 5.51.